The molecule has 27 heavy (non-hydrogen) atoms. The van der Waals surface area contributed by atoms with Gasteiger partial charge < -0.3 is 4.74 Å². The van der Waals surface area contributed by atoms with Crippen molar-refractivity contribution in [3.05, 3.63) is 65.5 Å². The average molecular weight is 367 g/mol. The van der Waals surface area contributed by atoms with Crippen molar-refractivity contribution in [3.63, 3.8) is 0 Å². The fourth-order valence-corrected chi connectivity index (χ4v) is 4.06. The zero-order valence-corrected chi connectivity index (χ0v) is 16.5. The van der Waals surface area contributed by atoms with Crippen LogP contribution in [-0.4, -0.2) is 35.5 Å². The standard InChI is InChI=1S/C23H30N2O2/c1-3-27-22(26)23(15-13-20-10-5-4-6-11-20)14-8-16-25(18-23)17-21-12-7-9-19(2)24-21/h4-7,9-12H,3,8,13-18H2,1-2H3. The number of aryl methyl sites for hydroxylation is 2. The predicted molar refractivity (Wildman–Crippen MR) is 107 cm³/mol. The Hall–Kier alpha value is -2.20. The van der Waals surface area contributed by atoms with Gasteiger partial charge in [-0.3, -0.25) is 14.7 Å². The topological polar surface area (TPSA) is 42.4 Å². The monoisotopic (exact) mass is 366 g/mol. The minimum atomic E-state index is -0.423. The van der Waals surface area contributed by atoms with Gasteiger partial charge in [0.1, 0.15) is 0 Å². The van der Waals surface area contributed by atoms with E-state index in [1.807, 2.05) is 26.0 Å². The van der Waals surface area contributed by atoms with Crippen LogP contribution in [0.25, 0.3) is 0 Å². The maximum atomic E-state index is 12.9. The molecule has 2 aromatic rings. The molecule has 1 aliphatic heterocycles. The third-order valence-electron chi connectivity index (χ3n) is 5.43. The van der Waals surface area contributed by atoms with Crippen molar-refractivity contribution in [2.45, 2.75) is 46.1 Å². The molecule has 0 bridgehead atoms. The first-order valence-corrected chi connectivity index (χ1v) is 9.97. The Morgan fingerprint density at radius 2 is 2.00 bits per heavy atom. The number of nitrogens with zero attached hydrogens (tertiary/aromatic N) is 2. The summed E-state index contributed by atoms with van der Waals surface area (Å²) in [5, 5.41) is 0. The molecule has 0 saturated carbocycles. The SMILES string of the molecule is CCOC(=O)C1(CCc2ccccc2)CCCN(Cc2cccc(C)n2)C1. The fraction of sp³-hybridized carbons (Fsp3) is 0.478. The van der Waals surface area contributed by atoms with Gasteiger partial charge in [0, 0.05) is 18.8 Å². The van der Waals surface area contributed by atoms with Crippen LogP contribution in [0.3, 0.4) is 0 Å². The predicted octanol–water partition coefficient (Wildman–Crippen LogP) is 4.17. The van der Waals surface area contributed by atoms with Gasteiger partial charge in [-0.2, -0.15) is 0 Å². The lowest BCUT2D eigenvalue weighted by Gasteiger charge is -2.41. The summed E-state index contributed by atoms with van der Waals surface area (Å²) in [7, 11) is 0. The molecule has 3 rings (SSSR count). The van der Waals surface area contributed by atoms with Gasteiger partial charge >= 0.3 is 5.97 Å². The van der Waals surface area contributed by atoms with E-state index in [2.05, 4.69) is 46.3 Å². The number of hydrogen-bond acceptors (Lipinski definition) is 4. The van der Waals surface area contributed by atoms with Crippen LogP contribution in [0.4, 0.5) is 0 Å². The Bertz CT molecular complexity index is 747. The first kappa shape index (κ1) is 19.6. The number of carbonyl (C=O) groups excluding carboxylic acids is 1. The number of pyridine rings is 1. The lowest BCUT2D eigenvalue weighted by Crippen LogP contribution is -2.48. The van der Waals surface area contributed by atoms with Crippen LogP contribution < -0.4 is 0 Å². The largest absolute Gasteiger partial charge is 0.466 e. The first-order chi connectivity index (χ1) is 13.1. The molecule has 0 amide bonds. The van der Waals surface area contributed by atoms with Crippen LogP contribution >= 0.6 is 0 Å². The van der Waals surface area contributed by atoms with Crippen LogP contribution in [0.2, 0.25) is 0 Å². The van der Waals surface area contributed by atoms with E-state index in [1.165, 1.54) is 5.56 Å². The number of esters is 1. The van der Waals surface area contributed by atoms with Crippen LogP contribution in [0.1, 0.15) is 43.1 Å². The second-order valence-corrected chi connectivity index (χ2v) is 7.57. The molecule has 1 atom stereocenters. The maximum absolute atomic E-state index is 12.9. The quantitative estimate of drug-likeness (QED) is 0.690. The number of ether oxygens (including phenoxy) is 1. The van der Waals surface area contributed by atoms with Crippen molar-refractivity contribution >= 4 is 5.97 Å². The molecule has 0 spiro atoms. The summed E-state index contributed by atoms with van der Waals surface area (Å²) in [6, 6.07) is 16.6. The number of likely N-dealkylation sites (tertiary alicyclic amines) is 1. The maximum Gasteiger partial charge on any atom is 0.313 e. The second-order valence-electron chi connectivity index (χ2n) is 7.57. The van der Waals surface area contributed by atoms with E-state index in [-0.39, 0.29) is 5.97 Å². The summed E-state index contributed by atoms with van der Waals surface area (Å²) in [6.07, 6.45) is 3.64. The van der Waals surface area contributed by atoms with E-state index in [9.17, 15) is 4.79 Å². The number of hydrogen-bond donors (Lipinski definition) is 0. The average Bonchev–Trinajstić information content (AvgIpc) is 2.68. The second kappa shape index (κ2) is 9.14. The Labute approximate surface area is 162 Å². The highest BCUT2D eigenvalue weighted by Crippen LogP contribution is 2.36. The first-order valence-electron chi connectivity index (χ1n) is 9.97. The van der Waals surface area contributed by atoms with E-state index in [0.717, 1.165) is 56.7 Å². The van der Waals surface area contributed by atoms with Crippen molar-refractivity contribution in [3.8, 4) is 0 Å². The molecule has 1 unspecified atom stereocenters. The van der Waals surface area contributed by atoms with Gasteiger partial charge in [-0.05, 0) is 63.8 Å². The van der Waals surface area contributed by atoms with Crippen LogP contribution in [0.5, 0.6) is 0 Å². The molecule has 1 saturated heterocycles. The van der Waals surface area contributed by atoms with Gasteiger partial charge in [0.25, 0.3) is 0 Å². The lowest BCUT2D eigenvalue weighted by atomic mass is 9.75. The van der Waals surface area contributed by atoms with E-state index in [4.69, 9.17) is 4.74 Å². The minimum absolute atomic E-state index is 0.0390. The Morgan fingerprint density at radius 1 is 1.19 bits per heavy atom. The van der Waals surface area contributed by atoms with Gasteiger partial charge in [-0.15, -0.1) is 0 Å². The molecular weight excluding hydrogens is 336 g/mol. The normalized spacial score (nSPS) is 20.4. The molecule has 144 valence electrons. The van der Waals surface area contributed by atoms with E-state index >= 15 is 0 Å². The highest BCUT2D eigenvalue weighted by molar-refractivity contribution is 5.77. The minimum Gasteiger partial charge on any atom is -0.466 e. The van der Waals surface area contributed by atoms with Gasteiger partial charge in [-0.1, -0.05) is 36.4 Å². The molecule has 0 radical (unpaired) electrons. The van der Waals surface area contributed by atoms with Crippen LogP contribution in [0.15, 0.2) is 48.5 Å². The molecule has 2 heterocycles. The van der Waals surface area contributed by atoms with Crippen molar-refractivity contribution in [2.75, 3.05) is 19.7 Å². The Kier molecular flexibility index (Phi) is 6.62. The zero-order chi connectivity index (χ0) is 19.1. The highest BCUT2D eigenvalue weighted by Gasteiger charge is 2.43. The molecular formula is C23H30N2O2. The van der Waals surface area contributed by atoms with Crippen molar-refractivity contribution < 1.29 is 9.53 Å². The molecule has 1 fully saturated rings. The number of carbonyl (C=O) groups is 1. The van der Waals surface area contributed by atoms with Crippen molar-refractivity contribution in [1.82, 2.24) is 9.88 Å². The summed E-state index contributed by atoms with van der Waals surface area (Å²) < 4.78 is 5.51. The highest BCUT2D eigenvalue weighted by atomic mass is 16.5. The van der Waals surface area contributed by atoms with E-state index in [0.29, 0.717) is 6.61 Å². The van der Waals surface area contributed by atoms with Gasteiger partial charge in [0.05, 0.1) is 17.7 Å². The summed E-state index contributed by atoms with van der Waals surface area (Å²) in [6.45, 7) is 6.87. The van der Waals surface area contributed by atoms with Crippen LogP contribution in [-0.2, 0) is 22.5 Å². The summed E-state index contributed by atoms with van der Waals surface area (Å²) in [5.41, 5.74) is 2.95. The van der Waals surface area contributed by atoms with E-state index in [1.54, 1.807) is 0 Å². The number of benzene rings is 1. The molecule has 0 N–H and O–H groups in total. The van der Waals surface area contributed by atoms with Gasteiger partial charge in [0.15, 0.2) is 0 Å². The third kappa shape index (κ3) is 5.16. The zero-order valence-electron chi connectivity index (χ0n) is 16.5. The molecule has 1 aromatic carbocycles. The molecule has 4 nitrogen and oxygen atoms in total. The van der Waals surface area contributed by atoms with Gasteiger partial charge in [-0.25, -0.2) is 0 Å². The Balaban J connectivity index is 1.73. The summed E-state index contributed by atoms with van der Waals surface area (Å²) in [4.78, 5) is 19.9. The van der Waals surface area contributed by atoms with Crippen LogP contribution in [0, 0.1) is 12.3 Å². The lowest BCUT2D eigenvalue weighted by molar-refractivity contribution is -0.160. The number of aromatic nitrogens is 1. The molecule has 4 heteroatoms. The summed E-state index contributed by atoms with van der Waals surface area (Å²) in [5.74, 6) is -0.0390. The molecule has 0 aliphatic carbocycles. The number of rotatable bonds is 7. The van der Waals surface area contributed by atoms with Crippen molar-refractivity contribution in [1.29, 1.82) is 0 Å². The van der Waals surface area contributed by atoms with Gasteiger partial charge in [0.2, 0.25) is 0 Å². The third-order valence-corrected chi connectivity index (χ3v) is 5.43. The summed E-state index contributed by atoms with van der Waals surface area (Å²) >= 11 is 0. The number of piperidine rings is 1. The smallest absolute Gasteiger partial charge is 0.313 e. The fourth-order valence-electron chi connectivity index (χ4n) is 4.06. The van der Waals surface area contributed by atoms with Crippen molar-refractivity contribution in [2.24, 2.45) is 5.41 Å². The molecule has 1 aromatic heterocycles. The molecule has 1 aliphatic rings. The Morgan fingerprint density at radius 3 is 2.74 bits per heavy atom. The van der Waals surface area contributed by atoms with E-state index < -0.39 is 5.41 Å².